The Morgan fingerprint density at radius 2 is 1.90 bits per heavy atom. The maximum absolute atomic E-state index is 13.5. The van der Waals surface area contributed by atoms with Crippen molar-refractivity contribution in [3.05, 3.63) is 47.7 Å². The fraction of sp³-hybridized carbons (Fsp3) is 0.267. The average Bonchev–Trinajstić information content (AvgIpc) is 2.70. The molecule has 0 saturated carbocycles. The van der Waals surface area contributed by atoms with Crippen LogP contribution in [-0.2, 0) is 5.41 Å². The fourth-order valence-electron chi connectivity index (χ4n) is 2.27. The Hall–Kier alpha value is -1.88. The van der Waals surface area contributed by atoms with Gasteiger partial charge in [-0.15, -0.1) is 12.4 Å². The molecule has 0 radical (unpaired) electrons. The molecule has 0 amide bonds. The second-order valence-corrected chi connectivity index (χ2v) is 5.46. The fourth-order valence-corrected chi connectivity index (χ4v) is 2.27. The molecule has 1 aliphatic heterocycles. The van der Waals surface area contributed by atoms with Crippen LogP contribution in [0.1, 0.15) is 19.4 Å². The van der Waals surface area contributed by atoms with Crippen LogP contribution in [0, 0.1) is 11.6 Å². The summed E-state index contributed by atoms with van der Waals surface area (Å²) in [5.74, 6) is -1.77. The van der Waals surface area contributed by atoms with Crippen molar-refractivity contribution in [2.24, 2.45) is 0 Å². The van der Waals surface area contributed by atoms with E-state index < -0.39 is 17.4 Å². The topological polar surface area (TPSA) is 34.1 Å². The van der Waals surface area contributed by atoms with Crippen LogP contribution in [0.25, 0.3) is 0 Å². The minimum Gasteiger partial charge on any atom is -0.433 e. The van der Waals surface area contributed by atoms with Crippen molar-refractivity contribution in [2.45, 2.75) is 19.3 Å². The first kappa shape index (κ1) is 15.5. The molecular formula is C15H15ClF2N2O. The zero-order valence-electron chi connectivity index (χ0n) is 11.6. The van der Waals surface area contributed by atoms with E-state index in [4.69, 9.17) is 4.74 Å². The summed E-state index contributed by atoms with van der Waals surface area (Å²) in [5, 5.41) is 3.24. The number of ether oxygens (including phenoxy) is 1. The lowest BCUT2D eigenvalue weighted by Crippen LogP contribution is -2.18. The number of hydrogen-bond donors (Lipinski definition) is 1. The van der Waals surface area contributed by atoms with E-state index in [1.54, 1.807) is 12.3 Å². The number of nitrogens with one attached hydrogen (secondary N) is 1. The number of fused-ring (bicyclic) bond motifs is 1. The van der Waals surface area contributed by atoms with E-state index in [1.165, 1.54) is 6.07 Å². The van der Waals surface area contributed by atoms with Crippen molar-refractivity contribution in [1.82, 2.24) is 4.98 Å². The van der Waals surface area contributed by atoms with Gasteiger partial charge in [0.05, 0.1) is 0 Å². The molecule has 0 fully saturated rings. The number of pyridine rings is 1. The predicted octanol–water partition coefficient (Wildman–Crippen LogP) is 4.28. The molecule has 3 rings (SSSR count). The first-order valence-electron chi connectivity index (χ1n) is 6.34. The molecule has 0 unspecified atom stereocenters. The number of hydrogen-bond acceptors (Lipinski definition) is 3. The first-order chi connectivity index (χ1) is 9.47. The van der Waals surface area contributed by atoms with E-state index in [-0.39, 0.29) is 23.7 Å². The Balaban J connectivity index is 0.00000161. The molecule has 0 aliphatic carbocycles. The standard InChI is InChI=1S/C15H14F2N2O.ClH/c1-15(2)8-19-12-6-13(18-7-9(12)15)20-14-10(16)4-3-5-11(14)17;/h3-7,19H,8H2,1-2H3;1H. The van der Waals surface area contributed by atoms with E-state index >= 15 is 0 Å². The number of para-hydroxylation sites is 1. The smallest absolute Gasteiger partial charge is 0.221 e. The van der Waals surface area contributed by atoms with Gasteiger partial charge in [0.1, 0.15) is 0 Å². The zero-order chi connectivity index (χ0) is 14.3. The lowest BCUT2D eigenvalue weighted by atomic mass is 9.88. The van der Waals surface area contributed by atoms with Crippen LogP contribution in [0.15, 0.2) is 30.5 Å². The van der Waals surface area contributed by atoms with E-state index in [0.29, 0.717) is 0 Å². The maximum atomic E-state index is 13.5. The SMILES string of the molecule is CC1(C)CNc2cc(Oc3c(F)cccc3F)ncc21.Cl. The summed E-state index contributed by atoms with van der Waals surface area (Å²) >= 11 is 0. The van der Waals surface area contributed by atoms with Gasteiger partial charge in [-0.05, 0) is 12.1 Å². The third-order valence-corrected chi connectivity index (χ3v) is 3.45. The van der Waals surface area contributed by atoms with Crippen LogP contribution >= 0.6 is 12.4 Å². The number of aromatic nitrogens is 1. The van der Waals surface area contributed by atoms with Crippen LogP contribution < -0.4 is 10.1 Å². The predicted molar refractivity (Wildman–Crippen MR) is 79.4 cm³/mol. The molecule has 0 atom stereocenters. The average molecular weight is 313 g/mol. The van der Waals surface area contributed by atoms with Crippen molar-refractivity contribution in [3.8, 4) is 11.6 Å². The molecule has 1 aromatic carbocycles. The Morgan fingerprint density at radius 3 is 2.57 bits per heavy atom. The molecular weight excluding hydrogens is 298 g/mol. The highest BCUT2D eigenvalue weighted by atomic mass is 35.5. The molecule has 6 heteroatoms. The first-order valence-corrected chi connectivity index (χ1v) is 6.34. The lowest BCUT2D eigenvalue weighted by Gasteiger charge is -2.16. The van der Waals surface area contributed by atoms with Crippen molar-refractivity contribution in [1.29, 1.82) is 0 Å². The van der Waals surface area contributed by atoms with Crippen LogP contribution in [-0.4, -0.2) is 11.5 Å². The molecule has 0 spiro atoms. The van der Waals surface area contributed by atoms with Crippen LogP contribution in [0.2, 0.25) is 0 Å². The van der Waals surface area contributed by atoms with Gasteiger partial charge in [-0.1, -0.05) is 19.9 Å². The Kier molecular flexibility index (Phi) is 4.05. The third kappa shape index (κ3) is 2.78. The summed E-state index contributed by atoms with van der Waals surface area (Å²) in [4.78, 5) is 4.13. The second-order valence-electron chi connectivity index (χ2n) is 5.46. The van der Waals surface area contributed by atoms with Crippen molar-refractivity contribution >= 4 is 18.1 Å². The normalized spacial score (nSPS) is 14.9. The van der Waals surface area contributed by atoms with E-state index in [0.717, 1.165) is 29.9 Å². The quantitative estimate of drug-likeness (QED) is 0.899. The number of benzene rings is 1. The number of nitrogens with zero attached hydrogens (tertiary/aromatic N) is 1. The number of anilines is 1. The molecule has 2 aromatic rings. The monoisotopic (exact) mass is 312 g/mol. The van der Waals surface area contributed by atoms with Crippen LogP contribution in [0.3, 0.4) is 0 Å². The van der Waals surface area contributed by atoms with Gasteiger partial charge in [0.25, 0.3) is 0 Å². The van der Waals surface area contributed by atoms with Gasteiger partial charge in [0.2, 0.25) is 11.6 Å². The van der Waals surface area contributed by atoms with Crippen LogP contribution in [0.5, 0.6) is 11.6 Å². The highest BCUT2D eigenvalue weighted by molar-refractivity contribution is 5.85. The minimum absolute atomic E-state index is 0. The molecule has 1 aliphatic rings. The van der Waals surface area contributed by atoms with Crippen molar-refractivity contribution in [2.75, 3.05) is 11.9 Å². The summed E-state index contributed by atoms with van der Waals surface area (Å²) < 4.78 is 32.3. The number of halogens is 3. The highest BCUT2D eigenvalue weighted by Crippen LogP contribution is 2.38. The van der Waals surface area contributed by atoms with Crippen molar-refractivity contribution < 1.29 is 13.5 Å². The molecule has 2 heterocycles. The molecule has 112 valence electrons. The van der Waals surface area contributed by atoms with Gasteiger partial charge in [-0.2, -0.15) is 0 Å². The lowest BCUT2D eigenvalue weighted by molar-refractivity contribution is 0.395. The second kappa shape index (κ2) is 5.48. The van der Waals surface area contributed by atoms with Gasteiger partial charge in [0, 0.05) is 35.5 Å². The third-order valence-electron chi connectivity index (χ3n) is 3.45. The summed E-state index contributed by atoms with van der Waals surface area (Å²) in [5.41, 5.74) is 1.94. The van der Waals surface area contributed by atoms with Gasteiger partial charge in [0.15, 0.2) is 11.6 Å². The molecule has 1 N–H and O–H groups in total. The molecule has 21 heavy (non-hydrogen) atoms. The Bertz CT molecular complexity index is 656. The van der Waals surface area contributed by atoms with Crippen LogP contribution in [0.4, 0.5) is 14.5 Å². The van der Waals surface area contributed by atoms with Crippen molar-refractivity contribution in [3.63, 3.8) is 0 Å². The maximum Gasteiger partial charge on any atom is 0.221 e. The van der Waals surface area contributed by atoms with E-state index in [1.807, 2.05) is 0 Å². The molecule has 0 saturated heterocycles. The Labute approximate surface area is 127 Å². The molecule has 1 aromatic heterocycles. The van der Waals surface area contributed by atoms with Gasteiger partial charge in [-0.25, -0.2) is 13.8 Å². The summed E-state index contributed by atoms with van der Waals surface area (Å²) in [6, 6.07) is 5.24. The minimum atomic E-state index is -0.749. The molecule has 0 bridgehead atoms. The zero-order valence-corrected chi connectivity index (χ0v) is 12.4. The Morgan fingerprint density at radius 1 is 1.24 bits per heavy atom. The van der Waals surface area contributed by atoms with E-state index in [2.05, 4.69) is 24.1 Å². The van der Waals surface area contributed by atoms with Gasteiger partial charge >= 0.3 is 0 Å². The van der Waals surface area contributed by atoms with Gasteiger partial charge in [-0.3, -0.25) is 0 Å². The van der Waals surface area contributed by atoms with E-state index in [9.17, 15) is 8.78 Å². The summed E-state index contributed by atoms with van der Waals surface area (Å²) in [6.45, 7) is 5.00. The molecule has 3 nitrogen and oxygen atoms in total. The summed E-state index contributed by atoms with van der Waals surface area (Å²) in [6.07, 6.45) is 1.68. The van der Waals surface area contributed by atoms with Gasteiger partial charge < -0.3 is 10.1 Å². The summed E-state index contributed by atoms with van der Waals surface area (Å²) in [7, 11) is 0. The highest BCUT2D eigenvalue weighted by Gasteiger charge is 2.30. The largest absolute Gasteiger partial charge is 0.433 e. The number of rotatable bonds is 2.